The zero-order valence-corrected chi connectivity index (χ0v) is 14.4. The number of unbranched alkanes of at least 4 members (excludes halogenated alkanes) is 1. The lowest BCUT2D eigenvalue weighted by Crippen LogP contribution is -2.54. The van der Waals surface area contributed by atoms with E-state index in [1.165, 1.54) is 0 Å². The maximum Gasteiger partial charge on any atom is 0.457 e. The molecular weight excluding hydrogens is 281 g/mol. The van der Waals surface area contributed by atoms with E-state index in [9.17, 15) is 9.90 Å². The van der Waals surface area contributed by atoms with Gasteiger partial charge >= 0.3 is 13.1 Å². The van der Waals surface area contributed by atoms with Crippen LogP contribution >= 0.6 is 0 Å². The number of piperidine rings is 1. The Labute approximate surface area is 134 Å². The van der Waals surface area contributed by atoms with E-state index in [4.69, 9.17) is 9.31 Å². The number of carboxylic acids is 1. The second kappa shape index (κ2) is 6.50. The van der Waals surface area contributed by atoms with Gasteiger partial charge in [-0.25, -0.2) is 0 Å². The fourth-order valence-corrected chi connectivity index (χ4v) is 3.29. The lowest BCUT2D eigenvalue weighted by atomic mass is 9.79. The van der Waals surface area contributed by atoms with E-state index in [1.807, 2.05) is 0 Å². The highest BCUT2D eigenvalue weighted by molar-refractivity contribution is 6.45. The van der Waals surface area contributed by atoms with Crippen molar-refractivity contribution in [2.24, 2.45) is 0 Å². The van der Waals surface area contributed by atoms with Gasteiger partial charge in [-0.3, -0.25) is 4.79 Å². The molecule has 1 unspecified atom stereocenters. The highest BCUT2D eigenvalue weighted by Crippen LogP contribution is 2.38. The van der Waals surface area contributed by atoms with E-state index in [0.717, 1.165) is 45.0 Å². The lowest BCUT2D eigenvalue weighted by Gasteiger charge is -2.34. The number of carboxylic acid groups (broad SMARTS) is 1. The Morgan fingerprint density at radius 2 is 1.77 bits per heavy atom. The second-order valence-electron chi connectivity index (χ2n) is 7.70. The molecule has 0 spiro atoms. The average Bonchev–Trinajstić information content (AvgIpc) is 2.64. The summed E-state index contributed by atoms with van der Waals surface area (Å²) in [7, 11) is -0.176. The SMILES string of the molecule is CC1(C)OB(CCCCC2(C(=O)O)CCCCN2)OC1(C)C. The van der Waals surface area contributed by atoms with Crippen molar-refractivity contribution in [1.29, 1.82) is 0 Å². The van der Waals surface area contributed by atoms with Crippen molar-refractivity contribution in [3.05, 3.63) is 0 Å². The minimum atomic E-state index is -0.714. The summed E-state index contributed by atoms with van der Waals surface area (Å²) in [6, 6.07) is 0. The topological polar surface area (TPSA) is 67.8 Å². The predicted molar refractivity (Wildman–Crippen MR) is 87.0 cm³/mol. The van der Waals surface area contributed by atoms with Crippen molar-refractivity contribution >= 4 is 13.1 Å². The fourth-order valence-electron chi connectivity index (χ4n) is 3.29. The summed E-state index contributed by atoms with van der Waals surface area (Å²) in [5, 5.41) is 12.7. The molecule has 0 aromatic rings. The molecule has 5 nitrogen and oxygen atoms in total. The Kier molecular flexibility index (Phi) is 5.25. The number of carbonyl (C=O) groups is 1. The number of hydrogen-bond acceptors (Lipinski definition) is 4. The van der Waals surface area contributed by atoms with Crippen LogP contribution in [-0.4, -0.2) is 41.5 Å². The van der Waals surface area contributed by atoms with Crippen LogP contribution in [-0.2, 0) is 14.1 Å². The Morgan fingerprint density at radius 3 is 2.27 bits per heavy atom. The van der Waals surface area contributed by atoms with Gasteiger partial charge < -0.3 is 19.7 Å². The highest BCUT2D eigenvalue weighted by Gasteiger charge is 2.50. The van der Waals surface area contributed by atoms with Gasteiger partial charge in [0.2, 0.25) is 0 Å². The van der Waals surface area contributed by atoms with Gasteiger partial charge in [-0.1, -0.05) is 12.8 Å². The van der Waals surface area contributed by atoms with Crippen molar-refractivity contribution in [2.75, 3.05) is 6.54 Å². The van der Waals surface area contributed by atoms with Gasteiger partial charge in [-0.2, -0.15) is 0 Å². The van der Waals surface area contributed by atoms with E-state index >= 15 is 0 Å². The van der Waals surface area contributed by atoms with Gasteiger partial charge in [-0.15, -0.1) is 0 Å². The molecule has 0 bridgehead atoms. The molecule has 0 aliphatic carbocycles. The van der Waals surface area contributed by atoms with Gasteiger partial charge in [0.1, 0.15) is 5.54 Å². The maximum atomic E-state index is 11.6. The summed E-state index contributed by atoms with van der Waals surface area (Å²) in [6.45, 7) is 9.02. The maximum absolute atomic E-state index is 11.6. The van der Waals surface area contributed by atoms with Crippen LogP contribution < -0.4 is 5.32 Å². The van der Waals surface area contributed by atoms with Crippen LogP contribution in [0.25, 0.3) is 0 Å². The van der Waals surface area contributed by atoms with Crippen LogP contribution in [0.15, 0.2) is 0 Å². The molecule has 0 amide bonds. The third-order valence-electron chi connectivity index (χ3n) is 5.50. The summed E-state index contributed by atoms with van der Waals surface area (Å²) in [5.74, 6) is -0.706. The molecule has 22 heavy (non-hydrogen) atoms. The zero-order chi connectivity index (χ0) is 16.4. The third kappa shape index (κ3) is 3.66. The quantitative estimate of drug-likeness (QED) is 0.583. The van der Waals surface area contributed by atoms with Crippen LogP contribution in [0.2, 0.25) is 6.32 Å². The Bertz CT molecular complexity index is 389. The molecule has 0 aromatic carbocycles. The minimum absolute atomic E-state index is 0.176. The first-order chi connectivity index (χ1) is 10.2. The van der Waals surface area contributed by atoms with Gasteiger partial charge in [0.15, 0.2) is 0 Å². The molecule has 6 heteroatoms. The number of aliphatic carboxylic acids is 1. The normalized spacial score (nSPS) is 30.5. The molecule has 1 atom stereocenters. The number of rotatable bonds is 6. The minimum Gasteiger partial charge on any atom is -0.480 e. The number of hydrogen-bond donors (Lipinski definition) is 2. The first-order valence-corrected chi connectivity index (χ1v) is 8.53. The molecule has 2 aliphatic rings. The van der Waals surface area contributed by atoms with Crippen LogP contribution in [0.1, 0.15) is 66.2 Å². The van der Waals surface area contributed by atoms with E-state index in [-0.39, 0.29) is 18.3 Å². The highest BCUT2D eigenvalue weighted by atomic mass is 16.7. The Morgan fingerprint density at radius 1 is 1.14 bits per heavy atom. The van der Waals surface area contributed by atoms with Crippen molar-refractivity contribution < 1.29 is 19.2 Å². The van der Waals surface area contributed by atoms with Crippen molar-refractivity contribution in [3.8, 4) is 0 Å². The van der Waals surface area contributed by atoms with Crippen LogP contribution in [0.4, 0.5) is 0 Å². The van der Waals surface area contributed by atoms with E-state index in [2.05, 4.69) is 33.0 Å². The third-order valence-corrected chi connectivity index (χ3v) is 5.50. The van der Waals surface area contributed by atoms with Crippen LogP contribution in [0, 0.1) is 0 Å². The van der Waals surface area contributed by atoms with E-state index in [0.29, 0.717) is 6.42 Å². The van der Waals surface area contributed by atoms with Gasteiger partial charge in [0, 0.05) is 0 Å². The average molecular weight is 311 g/mol. The summed E-state index contributed by atoms with van der Waals surface area (Å²) < 4.78 is 11.9. The molecule has 2 N–H and O–H groups in total. The largest absolute Gasteiger partial charge is 0.480 e. The predicted octanol–water partition coefficient (Wildman–Crippen LogP) is 2.85. The standard InChI is InChI=1S/C16H30BNO4/c1-14(2)15(3,4)22-17(21-14)11-7-5-9-16(13(19)20)10-6-8-12-18-16/h18H,5-12H2,1-4H3,(H,19,20). The molecule has 2 fully saturated rings. The van der Waals surface area contributed by atoms with Gasteiger partial charge in [0.05, 0.1) is 11.2 Å². The molecule has 2 saturated heterocycles. The van der Waals surface area contributed by atoms with Crippen LogP contribution in [0.3, 0.4) is 0 Å². The molecule has 2 rings (SSSR count). The second-order valence-corrected chi connectivity index (χ2v) is 7.70. The van der Waals surface area contributed by atoms with Crippen LogP contribution in [0.5, 0.6) is 0 Å². The molecule has 126 valence electrons. The van der Waals surface area contributed by atoms with E-state index < -0.39 is 11.5 Å². The molecule has 0 radical (unpaired) electrons. The molecule has 0 aromatic heterocycles. The first kappa shape index (κ1) is 17.8. The summed E-state index contributed by atoms with van der Waals surface area (Å²) in [6.07, 6.45) is 6.11. The molecule has 2 aliphatic heterocycles. The van der Waals surface area contributed by atoms with Crippen molar-refractivity contribution in [3.63, 3.8) is 0 Å². The molecule has 0 saturated carbocycles. The summed E-state index contributed by atoms with van der Waals surface area (Å²) in [5.41, 5.74) is -1.29. The lowest BCUT2D eigenvalue weighted by molar-refractivity contribution is -0.146. The monoisotopic (exact) mass is 311 g/mol. The Hall–Kier alpha value is -0.585. The van der Waals surface area contributed by atoms with Crippen molar-refractivity contribution in [2.45, 2.75) is 89.3 Å². The Balaban J connectivity index is 1.76. The molecular formula is C16H30BNO4. The van der Waals surface area contributed by atoms with E-state index in [1.54, 1.807) is 0 Å². The van der Waals surface area contributed by atoms with Crippen molar-refractivity contribution in [1.82, 2.24) is 5.32 Å². The van der Waals surface area contributed by atoms with Gasteiger partial charge in [-0.05, 0) is 66.2 Å². The van der Waals surface area contributed by atoms with Gasteiger partial charge in [0.25, 0.3) is 0 Å². The first-order valence-electron chi connectivity index (χ1n) is 8.53. The zero-order valence-electron chi connectivity index (χ0n) is 14.4. The summed E-state index contributed by atoms with van der Waals surface area (Å²) >= 11 is 0. The smallest absolute Gasteiger partial charge is 0.457 e. The fraction of sp³-hybridized carbons (Fsp3) is 0.938. The summed E-state index contributed by atoms with van der Waals surface area (Å²) in [4.78, 5) is 11.6. The number of nitrogens with one attached hydrogen (secondary N) is 1. The molecule has 2 heterocycles.